The number of nitrogens with zero attached hydrogens (tertiary/aromatic N) is 4. The molecule has 3 rings (SSSR count). The molecule has 0 amide bonds. The van der Waals surface area contributed by atoms with Crippen LogP contribution in [0.15, 0.2) is 47.7 Å². The third-order valence-electron chi connectivity index (χ3n) is 4.38. The second kappa shape index (κ2) is 7.95. The van der Waals surface area contributed by atoms with Crippen LogP contribution in [0, 0.1) is 0 Å². The van der Waals surface area contributed by atoms with Crippen molar-refractivity contribution in [1.29, 1.82) is 0 Å². The first kappa shape index (κ1) is 17.9. The van der Waals surface area contributed by atoms with Gasteiger partial charge in [-0.05, 0) is 31.0 Å². The van der Waals surface area contributed by atoms with E-state index in [1.807, 2.05) is 42.0 Å². The first-order valence-electron chi connectivity index (χ1n) is 8.71. The maximum absolute atomic E-state index is 4.50. The molecule has 0 saturated carbocycles. The minimum absolute atomic E-state index is 0.272. The van der Waals surface area contributed by atoms with Crippen LogP contribution in [0.25, 0.3) is 0 Å². The molecule has 0 bridgehead atoms. The molecule has 1 aliphatic heterocycles. The van der Waals surface area contributed by atoms with Crippen LogP contribution in [-0.2, 0) is 13.1 Å². The van der Waals surface area contributed by atoms with Gasteiger partial charge in [0, 0.05) is 49.6 Å². The summed E-state index contributed by atoms with van der Waals surface area (Å²) in [6.07, 6.45) is 3.81. The lowest BCUT2D eigenvalue weighted by atomic mass is 10.1. The first-order valence-corrected chi connectivity index (χ1v) is 9.70. The van der Waals surface area contributed by atoms with E-state index in [2.05, 4.69) is 58.4 Å². The van der Waals surface area contributed by atoms with Gasteiger partial charge >= 0.3 is 0 Å². The van der Waals surface area contributed by atoms with Crippen molar-refractivity contribution in [2.75, 3.05) is 25.9 Å². The topological polar surface area (TPSA) is 45.5 Å². The Hall–Kier alpha value is -1.95. The molecule has 1 fully saturated rings. The van der Waals surface area contributed by atoms with E-state index in [-0.39, 0.29) is 4.75 Å². The summed E-state index contributed by atoms with van der Waals surface area (Å²) in [5, 5.41) is 7.87. The van der Waals surface area contributed by atoms with E-state index in [1.165, 1.54) is 11.1 Å². The summed E-state index contributed by atoms with van der Waals surface area (Å²) in [6, 6.07) is 10.5. The molecule has 0 radical (unpaired) electrons. The van der Waals surface area contributed by atoms with Crippen molar-refractivity contribution in [2.45, 2.75) is 31.7 Å². The van der Waals surface area contributed by atoms with Gasteiger partial charge in [-0.2, -0.15) is 16.9 Å². The molecular weight excluding hydrogens is 330 g/mol. The Morgan fingerprint density at radius 3 is 2.76 bits per heavy atom. The third-order valence-corrected chi connectivity index (χ3v) is 5.68. The number of rotatable bonds is 4. The van der Waals surface area contributed by atoms with Crippen LogP contribution in [0.3, 0.4) is 0 Å². The van der Waals surface area contributed by atoms with E-state index in [4.69, 9.17) is 0 Å². The van der Waals surface area contributed by atoms with Crippen molar-refractivity contribution in [1.82, 2.24) is 20.0 Å². The van der Waals surface area contributed by atoms with E-state index in [1.54, 1.807) is 0 Å². The molecular formula is C19H27N5S. The number of hydrogen-bond acceptors (Lipinski definition) is 3. The zero-order valence-electron chi connectivity index (χ0n) is 15.3. The Morgan fingerprint density at radius 1 is 1.28 bits per heavy atom. The van der Waals surface area contributed by atoms with Gasteiger partial charge in [0.25, 0.3) is 0 Å². The highest BCUT2D eigenvalue weighted by Crippen LogP contribution is 2.29. The van der Waals surface area contributed by atoms with E-state index in [0.29, 0.717) is 0 Å². The zero-order chi connectivity index (χ0) is 17.7. The Morgan fingerprint density at radius 2 is 2.08 bits per heavy atom. The molecule has 0 unspecified atom stereocenters. The zero-order valence-corrected chi connectivity index (χ0v) is 16.1. The number of nitrogens with one attached hydrogen (secondary N) is 1. The van der Waals surface area contributed by atoms with Crippen molar-refractivity contribution >= 4 is 17.7 Å². The molecule has 134 valence electrons. The van der Waals surface area contributed by atoms with Gasteiger partial charge in [-0.25, -0.2) is 0 Å². The molecule has 5 nitrogen and oxygen atoms in total. The largest absolute Gasteiger partial charge is 0.352 e. The van der Waals surface area contributed by atoms with Crippen LogP contribution >= 0.6 is 11.8 Å². The first-order chi connectivity index (χ1) is 12.1. The molecule has 2 heterocycles. The number of guanidine groups is 1. The molecule has 0 aliphatic carbocycles. The van der Waals surface area contributed by atoms with E-state index in [0.717, 1.165) is 37.9 Å². The lowest BCUT2D eigenvalue weighted by Crippen LogP contribution is -2.50. The maximum Gasteiger partial charge on any atom is 0.193 e. The Kier molecular flexibility index (Phi) is 5.68. The van der Waals surface area contributed by atoms with E-state index >= 15 is 0 Å². The summed E-state index contributed by atoms with van der Waals surface area (Å²) in [6.45, 7) is 8.23. The molecule has 1 aliphatic rings. The average Bonchev–Trinajstić information content (AvgIpc) is 3.09. The predicted octanol–water partition coefficient (Wildman–Crippen LogP) is 2.83. The molecule has 1 aromatic heterocycles. The SMILES string of the molecule is CN=C(NCc1ccccc1Cn1cccn1)N1CCSC(C)(C)C1. The van der Waals surface area contributed by atoms with Gasteiger partial charge in [-0.1, -0.05) is 24.3 Å². The van der Waals surface area contributed by atoms with Crippen LogP contribution in [0.4, 0.5) is 0 Å². The average molecular weight is 358 g/mol. The molecule has 2 aromatic rings. The van der Waals surface area contributed by atoms with E-state index in [9.17, 15) is 0 Å². The van der Waals surface area contributed by atoms with Gasteiger partial charge in [0.05, 0.1) is 6.54 Å². The number of aliphatic imine (C=N–C) groups is 1. The third kappa shape index (κ3) is 4.78. The molecule has 25 heavy (non-hydrogen) atoms. The van der Waals surface area contributed by atoms with Crippen molar-refractivity contribution in [2.24, 2.45) is 4.99 Å². The monoisotopic (exact) mass is 357 g/mol. The molecule has 1 aromatic carbocycles. The predicted molar refractivity (Wildman–Crippen MR) is 106 cm³/mol. The Bertz CT molecular complexity index is 708. The van der Waals surface area contributed by atoms with Crippen LogP contribution in [0.1, 0.15) is 25.0 Å². The highest BCUT2D eigenvalue weighted by molar-refractivity contribution is 8.00. The summed E-state index contributed by atoms with van der Waals surface area (Å²) in [5.74, 6) is 2.13. The summed E-state index contributed by atoms with van der Waals surface area (Å²) in [5.41, 5.74) is 2.56. The minimum Gasteiger partial charge on any atom is -0.352 e. The minimum atomic E-state index is 0.272. The van der Waals surface area contributed by atoms with Crippen molar-refractivity contribution in [3.8, 4) is 0 Å². The smallest absolute Gasteiger partial charge is 0.193 e. The fourth-order valence-electron chi connectivity index (χ4n) is 3.16. The number of benzene rings is 1. The van der Waals surface area contributed by atoms with Gasteiger partial charge in [0.1, 0.15) is 0 Å². The number of hydrogen-bond donors (Lipinski definition) is 1. The van der Waals surface area contributed by atoms with Crippen LogP contribution in [-0.4, -0.2) is 51.3 Å². The van der Waals surface area contributed by atoms with Gasteiger partial charge in [0.2, 0.25) is 0 Å². The highest BCUT2D eigenvalue weighted by Gasteiger charge is 2.28. The van der Waals surface area contributed by atoms with Gasteiger partial charge in [0.15, 0.2) is 5.96 Å². The maximum atomic E-state index is 4.50. The summed E-state index contributed by atoms with van der Waals surface area (Å²) in [7, 11) is 1.87. The summed E-state index contributed by atoms with van der Waals surface area (Å²) < 4.78 is 2.23. The van der Waals surface area contributed by atoms with Crippen molar-refractivity contribution < 1.29 is 0 Å². The van der Waals surface area contributed by atoms with Crippen LogP contribution in [0.2, 0.25) is 0 Å². The number of thioether (sulfide) groups is 1. The van der Waals surface area contributed by atoms with E-state index < -0.39 is 0 Å². The quantitative estimate of drug-likeness (QED) is 0.675. The fourth-order valence-corrected chi connectivity index (χ4v) is 4.27. The van der Waals surface area contributed by atoms with Gasteiger partial charge in [-0.3, -0.25) is 9.67 Å². The summed E-state index contributed by atoms with van der Waals surface area (Å²) in [4.78, 5) is 6.87. The molecule has 1 N–H and O–H groups in total. The molecule has 0 atom stereocenters. The Labute approximate surface area is 154 Å². The standard InChI is InChI=1S/C19H27N5S/c1-19(2)15-23(11-12-25-19)18(20-3)21-13-16-7-4-5-8-17(16)14-24-10-6-9-22-24/h4-10H,11-15H2,1-3H3,(H,20,21). The lowest BCUT2D eigenvalue weighted by Gasteiger charge is -2.39. The highest BCUT2D eigenvalue weighted by atomic mass is 32.2. The second-order valence-corrected chi connectivity index (χ2v) is 8.70. The molecule has 6 heteroatoms. The normalized spacial score (nSPS) is 17.6. The van der Waals surface area contributed by atoms with Crippen LogP contribution in [0.5, 0.6) is 0 Å². The van der Waals surface area contributed by atoms with Crippen molar-refractivity contribution in [3.63, 3.8) is 0 Å². The molecule has 0 spiro atoms. The second-order valence-electron chi connectivity index (χ2n) is 6.90. The van der Waals surface area contributed by atoms with Crippen LogP contribution < -0.4 is 5.32 Å². The van der Waals surface area contributed by atoms with Gasteiger partial charge < -0.3 is 10.2 Å². The van der Waals surface area contributed by atoms with Gasteiger partial charge in [-0.15, -0.1) is 0 Å². The fraction of sp³-hybridized carbons (Fsp3) is 0.474. The molecule has 1 saturated heterocycles. The Balaban J connectivity index is 1.66. The number of aromatic nitrogens is 2. The lowest BCUT2D eigenvalue weighted by molar-refractivity contribution is 0.375. The summed E-state index contributed by atoms with van der Waals surface area (Å²) >= 11 is 2.04. The van der Waals surface area contributed by atoms with Crippen molar-refractivity contribution in [3.05, 3.63) is 53.9 Å².